The van der Waals surface area contributed by atoms with Gasteiger partial charge in [0.1, 0.15) is 5.82 Å². The molecule has 1 fully saturated rings. The van der Waals surface area contributed by atoms with E-state index >= 15 is 0 Å². The summed E-state index contributed by atoms with van der Waals surface area (Å²) in [5.41, 5.74) is 2.32. The number of ether oxygens (including phenoxy) is 1. The lowest BCUT2D eigenvalue weighted by Crippen LogP contribution is -2.53. The molecule has 1 atom stereocenters. The fourth-order valence-electron chi connectivity index (χ4n) is 2.94. The summed E-state index contributed by atoms with van der Waals surface area (Å²) in [4.78, 5) is 0. The molecule has 1 N–H and O–H groups in total. The van der Waals surface area contributed by atoms with Crippen LogP contribution in [-0.2, 0) is 16.7 Å². The Bertz CT molecular complexity index is 399. The number of fused-ring (bicyclic) bond motifs is 2. The highest BCUT2D eigenvalue weighted by atomic mass is 19.1. The zero-order valence-electron chi connectivity index (χ0n) is 9.26. The molecule has 0 unspecified atom stereocenters. The summed E-state index contributed by atoms with van der Waals surface area (Å²) in [6, 6.07) is 5.15. The van der Waals surface area contributed by atoms with E-state index in [0.29, 0.717) is 6.61 Å². The van der Waals surface area contributed by atoms with Crippen molar-refractivity contribution in [3.8, 4) is 0 Å². The number of hydrogen-bond acceptors (Lipinski definition) is 2. The highest BCUT2D eigenvalue weighted by Crippen LogP contribution is 2.36. The molecule has 0 amide bonds. The first kappa shape index (κ1) is 10.2. The Morgan fingerprint density at radius 1 is 1.38 bits per heavy atom. The van der Waals surface area contributed by atoms with Crippen molar-refractivity contribution in [2.75, 3.05) is 19.8 Å². The zero-order valence-corrected chi connectivity index (χ0v) is 9.26. The third-order valence-corrected chi connectivity index (χ3v) is 3.69. The van der Waals surface area contributed by atoms with Gasteiger partial charge in [-0.3, -0.25) is 0 Å². The van der Waals surface area contributed by atoms with E-state index in [1.165, 1.54) is 5.56 Å². The van der Waals surface area contributed by atoms with E-state index in [9.17, 15) is 4.39 Å². The van der Waals surface area contributed by atoms with Gasteiger partial charge in [-0.15, -0.1) is 0 Å². The van der Waals surface area contributed by atoms with E-state index in [2.05, 4.69) is 5.32 Å². The van der Waals surface area contributed by atoms with E-state index in [1.807, 2.05) is 6.07 Å². The number of halogens is 1. The molecule has 1 heterocycles. The molecule has 0 bridgehead atoms. The second-order valence-electron chi connectivity index (χ2n) is 4.72. The minimum Gasteiger partial charge on any atom is -0.378 e. The molecule has 1 aromatic carbocycles. The van der Waals surface area contributed by atoms with Gasteiger partial charge in [-0.2, -0.15) is 0 Å². The molecule has 1 aliphatic heterocycles. The monoisotopic (exact) mass is 221 g/mol. The Morgan fingerprint density at radius 3 is 3.12 bits per heavy atom. The van der Waals surface area contributed by atoms with Crippen molar-refractivity contribution in [1.29, 1.82) is 0 Å². The average molecular weight is 221 g/mol. The Balaban J connectivity index is 2.04. The third-order valence-electron chi connectivity index (χ3n) is 3.69. The normalized spacial score (nSPS) is 29.1. The van der Waals surface area contributed by atoms with Gasteiger partial charge in [-0.25, -0.2) is 4.39 Å². The van der Waals surface area contributed by atoms with Crippen LogP contribution in [0.4, 0.5) is 4.39 Å². The Morgan fingerprint density at radius 2 is 2.31 bits per heavy atom. The number of rotatable bonds is 0. The van der Waals surface area contributed by atoms with Crippen molar-refractivity contribution < 1.29 is 9.13 Å². The van der Waals surface area contributed by atoms with Crippen LogP contribution in [0.3, 0.4) is 0 Å². The van der Waals surface area contributed by atoms with E-state index < -0.39 is 0 Å². The van der Waals surface area contributed by atoms with E-state index in [-0.39, 0.29) is 11.4 Å². The first-order valence-electron chi connectivity index (χ1n) is 5.92. The van der Waals surface area contributed by atoms with Gasteiger partial charge in [0.15, 0.2) is 0 Å². The number of aryl methyl sites for hydroxylation is 1. The van der Waals surface area contributed by atoms with Gasteiger partial charge in [0.25, 0.3) is 0 Å². The van der Waals surface area contributed by atoms with E-state index in [1.54, 1.807) is 12.1 Å². The van der Waals surface area contributed by atoms with E-state index in [0.717, 1.165) is 38.0 Å². The Hall–Kier alpha value is -0.930. The van der Waals surface area contributed by atoms with Crippen molar-refractivity contribution in [3.05, 3.63) is 35.1 Å². The average Bonchev–Trinajstić information content (AvgIpc) is 2.30. The molecule has 1 aromatic rings. The summed E-state index contributed by atoms with van der Waals surface area (Å²) >= 11 is 0. The summed E-state index contributed by atoms with van der Waals surface area (Å²) in [7, 11) is 0. The smallest absolute Gasteiger partial charge is 0.123 e. The van der Waals surface area contributed by atoms with Crippen molar-refractivity contribution in [3.63, 3.8) is 0 Å². The molecular formula is C13H16FNO. The minimum absolute atomic E-state index is 0.0560. The van der Waals surface area contributed by atoms with Crippen LogP contribution in [0.25, 0.3) is 0 Å². The van der Waals surface area contributed by atoms with Crippen LogP contribution in [0.5, 0.6) is 0 Å². The molecule has 16 heavy (non-hydrogen) atoms. The van der Waals surface area contributed by atoms with E-state index in [4.69, 9.17) is 4.74 Å². The van der Waals surface area contributed by atoms with Crippen LogP contribution in [0.1, 0.15) is 24.0 Å². The summed E-state index contributed by atoms with van der Waals surface area (Å²) in [5, 5.41) is 3.56. The van der Waals surface area contributed by atoms with Crippen molar-refractivity contribution in [2.24, 2.45) is 0 Å². The second-order valence-corrected chi connectivity index (χ2v) is 4.72. The molecule has 0 aromatic heterocycles. The lowest BCUT2D eigenvalue weighted by atomic mass is 9.76. The van der Waals surface area contributed by atoms with Gasteiger partial charge < -0.3 is 10.1 Å². The fourth-order valence-corrected chi connectivity index (χ4v) is 2.94. The van der Waals surface area contributed by atoms with Gasteiger partial charge in [0, 0.05) is 6.54 Å². The summed E-state index contributed by atoms with van der Waals surface area (Å²) in [5.74, 6) is -0.132. The molecule has 1 spiro atoms. The van der Waals surface area contributed by atoms with Crippen molar-refractivity contribution in [2.45, 2.75) is 24.8 Å². The van der Waals surface area contributed by atoms with Gasteiger partial charge in [0.2, 0.25) is 0 Å². The standard InChI is InChI=1S/C13H16FNO/c14-11-3-4-12-10(8-11)2-1-5-13(12)9-16-7-6-15-13/h3-4,8,15H,1-2,5-7,9H2/t13-/m0/s1. The number of morpholine rings is 1. The fraction of sp³-hybridized carbons (Fsp3) is 0.538. The van der Waals surface area contributed by atoms with Gasteiger partial charge >= 0.3 is 0 Å². The van der Waals surface area contributed by atoms with Crippen LogP contribution in [0.15, 0.2) is 18.2 Å². The van der Waals surface area contributed by atoms with Gasteiger partial charge in [-0.05, 0) is 42.5 Å². The largest absolute Gasteiger partial charge is 0.378 e. The highest BCUT2D eigenvalue weighted by Gasteiger charge is 2.38. The topological polar surface area (TPSA) is 21.3 Å². The quantitative estimate of drug-likeness (QED) is 0.723. The SMILES string of the molecule is Fc1ccc2c(c1)CCC[C@]21COCCN1. The molecule has 2 nitrogen and oxygen atoms in total. The van der Waals surface area contributed by atoms with Crippen LogP contribution >= 0.6 is 0 Å². The maximum absolute atomic E-state index is 13.2. The van der Waals surface area contributed by atoms with Crippen LogP contribution in [0.2, 0.25) is 0 Å². The molecule has 3 rings (SSSR count). The van der Waals surface area contributed by atoms with Gasteiger partial charge in [0.05, 0.1) is 18.8 Å². The Labute approximate surface area is 94.8 Å². The van der Waals surface area contributed by atoms with Crippen LogP contribution in [-0.4, -0.2) is 19.8 Å². The summed E-state index contributed by atoms with van der Waals surface area (Å²) < 4.78 is 18.8. The number of nitrogens with one attached hydrogen (secondary N) is 1. The predicted octanol–water partition coefficient (Wildman–Crippen LogP) is 1.98. The third kappa shape index (κ3) is 1.55. The van der Waals surface area contributed by atoms with Crippen LogP contribution in [0, 0.1) is 5.82 Å². The zero-order chi connectivity index (χ0) is 11.0. The molecule has 1 saturated heterocycles. The molecular weight excluding hydrogens is 205 g/mol. The highest BCUT2D eigenvalue weighted by molar-refractivity contribution is 5.37. The maximum Gasteiger partial charge on any atom is 0.123 e. The molecule has 0 radical (unpaired) electrons. The lowest BCUT2D eigenvalue weighted by Gasteiger charge is -2.42. The first-order valence-corrected chi connectivity index (χ1v) is 5.92. The van der Waals surface area contributed by atoms with Crippen molar-refractivity contribution in [1.82, 2.24) is 5.32 Å². The molecule has 2 aliphatic rings. The molecule has 1 aliphatic carbocycles. The maximum atomic E-state index is 13.2. The lowest BCUT2D eigenvalue weighted by molar-refractivity contribution is 0.0169. The summed E-state index contributed by atoms with van der Waals surface area (Å²) in [6.07, 6.45) is 3.18. The van der Waals surface area contributed by atoms with Gasteiger partial charge in [-0.1, -0.05) is 6.07 Å². The number of hydrogen-bond donors (Lipinski definition) is 1. The molecule has 3 heteroatoms. The second kappa shape index (κ2) is 3.82. The number of benzene rings is 1. The molecule has 86 valence electrons. The first-order chi connectivity index (χ1) is 7.80. The molecule has 0 saturated carbocycles. The van der Waals surface area contributed by atoms with Crippen LogP contribution < -0.4 is 5.32 Å². The van der Waals surface area contributed by atoms with Crippen molar-refractivity contribution >= 4 is 0 Å². The minimum atomic E-state index is -0.132. The summed E-state index contributed by atoms with van der Waals surface area (Å²) in [6.45, 7) is 2.38. The Kier molecular flexibility index (Phi) is 2.45. The predicted molar refractivity (Wildman–Crippen MR) is 59.8 cm³/mol.